The molecule has 1 atom stereocenters. The highest BCUT2D eigenvalue weighted by Crippen LogP contribution is 2.30. The first-order chi connectivity index (χ1) is 11.7. The first-order valence-corrected chi connectivity index (χ1v) is 9.93. The van der Waals surface area contributed by atoms with Crippen LogP contribution in [0.1, 0.15) is 42.9 Å². The summed E-state index contributed by atoms with van der Waals surface area (Å²) in [5.41, 5.74) is 4.25. The summed E-state index contributed by atoms with van der Waals surface area (Å²) in [7, 11) is 0. The lowest BCUT2D eigenvalue weighted by Gasteiger charge is -2.13. The number of benzene rings is 2. The van der Waals surface area contributed by atoms with E-state index in [-0.39, 0.29) is 0 Å². The molecule has 24 heavy (non-hydrogen) atoms. The molecule has 124 valence electrons. The number of pyridine rings is 1. The van der Waals surface area contributed by atoms with E-state index in [9.17, 15) is 0 Å². The molecule has 0 amide bonds. The zero-order valence-electron chi connectivity index (χ0n) is 14.8. The molecule has 0 aliphatic rings. The molecule has 0 N–H and O–H groups in total. The Labute approximate surface area is 149 Å². The number of fused-ring (bicyclic) bond motifs is 1. The lowest BCUT2D eigenvalue weighted by molar-refractivity contribution is 0.734. The van der Waals surface area contributed by atoms with Gasteiger partial charge in [0.1, 0.15) is 0 Å². The van der Waals surface area contributed by atoms with E-state index in [1.165, 1.54) is 38.8 Å². The van der Waals surface area contributed by atoms with E-state index in [0.29, 0.717) is 5.92 Å². The van der Waals surface area contributed by atoms with Gasteiger partial charge >= 0.3 is 0 Å². The normalized spacial score (nSPS) is 12.5. The molecule has 0 fully saturated rings. The topological polar surface area (TPSA) is 12.9 Å². The molecule has 0 unspecified atom stereocenters. The van der Waals surface area contributed by atoms with E-state index in [0.717, 1.165) is 12.8 Å². The van der Waals surface area contributed by atoms with Crippen molar-refractivity contribution >= 4 is 22.5 Å². The fourth-order valence-corrected chi connectivity index (χ4v) is 3.77. The van der Waals surface area contributed by atoms with Gasteiger partial charge in [0.2, 0.25) is 0 Å². The van der Waals surface area contributed by atoms with E-state index in [1.807, 2.05) is 24.2 Å². The molecule has 1 aromatic heterocycles. The van der Waals surface area contributed by atoms with Gasteiger partial charge in [0.05, 0.1) is 0 Å². The summed E-state index contributed by atoms with van der Waals surface area (Å²) in [5.74, 6) is 0.620. The van der Waals surface area contributed by atoms with Gasteiger partial charge in [-0.2, -0.15) is 0 Å². The monoisotopic (exact) mass is 335 g/mol. The molecule has 0 saturated carbocycles. The van der Waals surface area contributed by atoms with Crippen LogP contribution in [-0.2, 0) is 12.8 Å². The number of rotatable bonds is 6. The van der Waals surface area contributed by atoms with E-state index < -0.39 is 0 Å². The van der Waals surface area contributed by atoms with Crippen molar-refractivity contribution in [3.05, 3.63) is 71.5 Å². The first kappa shape index (κ1) is 17.0. The Hall–Kier alpha value is -1.80. The van der Waals surface area contributed by atoms with Gasteiger partial charge in [-0.25, -0.2) is 0 Å². The molecule has 0 saturated heterocycles. The van der Waals surface area contributed by atoms with Crippen LogP contribution >= 0.6 is 11.8 Å². The Morgan fingerprint density at radius 1 is 0.958 bits per heavy atom. The number of nitrogens with zero attached hydrogens (tertiary/aromatic N) is 1. The van der Waals surface area contributed by atoms with Gasteiger partial charge in [0.15, 0.2) is 0 Å². The van der Waals surface area contributed by atoms with Crippen LogP contribution in [0.2, 0.25) is 0 Å². The molecule has 1 heterocycles. The third-order valence-electron chi connectivity index (χ3n) is 4.88. The van der Waals surface area contributed by atoms with Crippen LogP contribution < -0.4 is 0 Å². The van der Waals surface area contributed by atoms with E-state index in [1.54, 1.807) is 0 Å². The largest absolute Gasteiger partial charge is 0.265 e. The van der Waals surface area contributed by atoms with Gasteiger partial charge in [0.25, 0.3) is 0 Å². The second-order valence-electron chi connectivity index (χ2n) is 6.44. The molecule has 2 aromatic carbocycles. The van der Waals surface area contributed by atoms with Crippen molar-refractivity contribution in [3.8, 4) is 0 Å². The maximum Gasteiger partial charge on any atom is 0.0270 e. The minimum Gasteiger partial charge on any atom is -0.265 e. The summed E-state index contributed by atoms with van der Waals surface area (Å²) in [6, 6.07) is 15.9. The van der Waals surface area contributed by atoms with Crippen molar-refractivity contribution in [1.82, 2.24) is 4.98 Å². The number of hydrogen-bond acceptors (Lipinski definition) is 2. The van der Waals surface area contributed by atoms with Crippen molar-refractivity contribution in [2.45, 2.75) is 43.9 Å². The molecule has 3 rings (SSSR count). The van der Waals surface area contributed by atoms with Crippen molar-refractivity contribution in [1.29, 1.82) is 0 Å². The van der Waals surface area contributed by atoms with Crippen LogP contribution in [0.15, 0.2) is 59.8 Å². The predicted molar refractivity (Wildman–Crippen MR) is 106 cm³/mol. The third kappa shape index (κ3) is 3.81. The van der Waals surface area contributed by atoms with Crippen molar-refractivity contribution < 1.29 is 0 Å². The second-order valence-corrected chi connectivity index (χ2v) is 7.28. The molecule has 0 aliphatic carbocycles. The number of aromatic nitrogens is 1. The Morgan fingerprint density at radius 2 is 1.75 bits per heavy atom. The highest BCUT2D eigenvalue weighted by Gasteiger charge is 2.08. The Morgan fingerprint density at radius 3 is 2.46 bits per heavy atom. The first-order valence-electron chi connectivity index (χ1n) is 8.70. The van der Waals surface area contributed by atoms with Crippen LogP contribution in [0.4, 0.5) is 0 Å². The van der Waals surface area contributed by atoms with Crippen molar-refractivity contribution in [2.75, 3.05) is 6.26 Å². The molecule has 1 nitrogen and oxygen atoms in total. The molecular formula is C22H25NS. The fraction of sp³-hybridized carbons (Fsp3) is 0.318. The Kier molecular flexibility index (Phi) is 5.57. The molecule has 3 aromatic rings. The van der Waals surface area contributed by atoms with E-state index in [4.69, 9.17) is 0 Å². The lowest BCUT2D eigenvalue weighted by Crippen LogP contribution is -1.95. The van der Waals surface area contributed by atoms with Gasteiger partial charge in [-0.15, -0.1) is 11.8 Å². The minimum atomic E-state index is 0.620. The summed E-state index contributed by atoms with van der Waals surface area (Å²) in [6.07, 6.45) is 9.25. The van der Waals surface area contributed by atoms with Crippen molar-refractivity contribution in [3.63, 3.8) is 0 Å². The standard InChI is InChI=1S/C22H25NS/c1-4-16(2)18-7-8-19-15-22(24-3)20(14-21(19)13-18)6-5-17-9-11-23-12-10-17/h7-16H,4-6H2,1-3H3/t16-/m0/s1. The quantitative estimate of drug-likeness (QED) is 0.493. The summed E-state index contributed by atoms with van der Waals surface area (Å²) in [5, 5.41) is 2.72. The molecular weight excluding hydrogens is 310 g/mol. The second kappa shape index (κ2) is 7.85. The maximum atomic E-state index is 4.11. The third-order valence-corrected chi connectivity index (χ3v) is 5.70. The zero-order chi connectivity index (χ0) is 16.9. The molecule has 0 spiro atoms. The Bertz CT molecular complexity index is 811. The highest BCUT2D eigenvalue weighted by atomic mass is 32.2. The highest BCUT2D eigenvalue weighted by molar-refractivity contribution is 7.98. The van der Waals surface area contributed by atoms with E-state index >= 15 is 0 Å². The van der Waals surface area contributed by atoms with Gasteiger partial charge in [-0.1, -0.05) is 38.1 Å². The van der Waals surface area contributed by atoms with Crippen LogP contribution in [0.3, 0.4) is 0 Å². The van der Waals surface area contributed by atoms with Crippen LogP contribution in [0.5, 0.6) is 0 Å². The maximum absolute atomic E-state index is 4.11. The van der Waals surface area contributed by atoms with Gasteiger partial charge in [0, 0.05) is 17.3 Å². The SMILES string of the molecule is CC[C@H](C)c1ccc2cc(SC)c(CCc3ccncc3)cc2c1. The van der Waals surface area contributed by atoms with Crippen LogP contribution in [0, 0.1) is 0 Å². The van der Waals surface area contributed by atoms with Crippen LogP contribution in [0.25, 0.3) is 10.8 Å². The van der Waals surface area contributed by atoms with E-state index in [2.05, 4.69) is 67.6 Å². The van der Waals surface area contributed by atoms with Crippen molar-refractivity contribution in [2.24, 2.45) is 0 Å². The molecule has 0 aliphatic heterocycles. The van der Waals surface area contributed by atoms with Gasteiger partial charge < -0.3 is 0 Å². The predicted octanol–water partition coefficient (Wildman–Crippen LogP) is 6.26. The average molecular weight is 336 g/mol. The zero-order valence-corrected chi connectivity index (χ0v) is 15.6. The fourth-order valence-electron chi connectivity index (χ4n) is 3.10. The number of thioether (sulfide) groups is 1. The summed E-state index contributed by atoms with van der Waals surface area (Å²) in [4.78, 5) is 5.50. The van der Waals surface area contributed by atoms with Crippen LogP contribution in [-0.4, -0.2) is 11.2 Å². The lowest BCUT2D eigenvalue weighted by atomic mass is 9.94. The summed E-state index contributed by atoms with van der Waals surface area (Å²) >= 11 is 1.85. The number of hydrogen-bond donors (Lipinski definition) is 0. The molecule has 0 bridgehead atoms. The number of aryl methyl sites for hydroxylation is 2. The Balaban J connectivity index is 1.92. The molecule has 2 heteroatoms. The summed E-state index contributed by atoms with van der Waals surface area (Å²) < 4.78 is 0. The molecule has 0 radical (unpaired) electrons. The smallest absolute Gasteiger partial charge is 0.0270 e. The average Bonchev–Trinajstić information content (AvgIpc) is 2.65. The minimum absolute atomic E-state index is 0.620. The van der Waals surface area contributed by atoms with Gasteiger partial charge in [-0.3, -0.25) is 4.98 Å². The summed E-state index contributed by atoms with van der Waals surface area (Å²) in [6.45, 7) is 4.56. The van der Waals surface area contributed by atoms with Gasteiger partial charge in [-0.05, 0) is 77.1 Å².